The number of hydrogen-bond donors (Lipinski definition) is 1. The molecule has 0 bridgehead atoms. The van der Waals surface area contributed by atoms with Gasteiger partial charge in [-0.3, -0.25) is 4.79 Å². The number of rotatable bonds is 6. The van der Waals surface area contributed by atoms with Crippen molar-refractivity contribution < 1.29 is 13.2 Å². The van der Waals surface area contributed by atoms with Gasteiger partial charge in [-0.25, -0.2) is 8.42 Å². The van der Waals surface area contributed by atoms with Crippen LogP contribution in [-0.4, -0.2) is 62.8 Å². The van der Waals surface area contributed by atoms with Crippen molar-refractivity contribution in [2.45, 2.75) is 43.4 Å². The molecule has 0 radical (unpaired) electrons. The summed E-state index contributed by atoms with van der Waals surface area (Å²) in [7, 11) is -3.53. The molecule has 1 aromatic rings. The highest BCUT2D eigenvalue weighted by Gasteiger charge is 2.32. The van der Waals surface area contributed by atoms with Crippen LogP contribution in [0.4, 0.5) is 0 Å². The number of carbonyl (C=O) groups excluding carboxylic acids is 1. The van der Waals surface area contributed by atoms with E-state index in [0.29, 0.717) is 37.5 Å². The van der Waals surface area contributed by atoms with Crippen molar-refractivity contribution >= 4 is 27.5 Å². The van der Waals surface area contributed by atoms with Gasteiger partial charge in [-0.2, -0.15) is 4.31 Å². The minimum atomic E-state index is -3.53. The van der Waals surface area contributed by atoms with Crippen molar-refractivity contribution in [2.24, 2.45) is 5.92 Å². The van der Waals surface area contributed by atoms with Crippen LogP contribution in [0.15, 0.2) is 29.2 Å². The van der Waals surface area contributed by atoms with Gasteiger partial charge in [0.15, 0.2) is 0 Å². The van der Waals surface area contributed by atoms with E-state index < -0.39 is 10.0 Å². The lowest BCUT2D eigenvalue weighted by Crippen LogP contribution is -2.44. The Bertz CT molecular complexity index is 738. The quantitative estimate of drug-likeness (QED) is 0.757. The second-order valence-electron chi connectivity index (χ2n) is 7.68. The minimum absolute atomic E-state index is 0.0540. The third-order valence-electron chi connectivity index (χ3n) is 5.70. The molecule has 0 aromatic heterocycles. The van der Waals surface area contributed by atoms with Crippen LogP contribution in [0, 0.1) is 5.92 Å². The van der Waals surface area contributed by atoms with E-state index in [2.05, 4.69) is 10.2 Å². The Morgan fingerprint density at radius 2 is 1.61 bits per heavy atom. The van der Waals surface area contributed by atoms with Gasteiger partial charge in [0.2, 0.25) is 15.9 Å². The van der Waals surface area contributed by atoms with Crippen molar-refractivity contribution in [1.29, 1.82) is 0 Å². The lowest BCUT2D eigenvalue weighted by Gasteiger charge is -2.30. The van der Waals surface area contributed by atoms with Crippen molar-refractivity contribution in [3.05, 3.63) is 29.3 Å². The molecule has 156 valence electrons. The second-order valence-corrected chi connectivity index (χ2v) is 10.1. The molecule has 0 spiro atoms. The fourth-order valence-corrected chi connectivity index (χ4v) is 5.55. The summed E-state index contributed by atoms with van der Waals surface area (Å²) in [6.45, 7) is 4.55. The Morgan fingerprint density at radius 1 is 1.00 bits per heavy atom. The van der Waals surface area contributed by atoms with E-state index in [1.807, 2.05) is 0 Å². The number of hydrogen-bond acceptors (Lipinski definition) is 4. The van der Waals surface area contributed by atoms with E-state index in [-0.39, 0.29) is 16.7 Å². The molecule has 0 unspecified atom stereocenters. The Morgan fingerprint density at radius 3 is 2.21 bits per heavy atom. The maximum absolute atomic E-state index is 12.7. The average Bonchev–Trinajstić information content (AvgIpc) is 2.97. The van der Waals surface area contributed by atoms with E-state index in [9.17, 15) is 13.2 Å². The predicted molar refractivity (Wildman–Crippen MR) is 111 cm³/mol. The number of carbonyl (C=O) groups is 1. The van der Waals surface area contributed by atoms with Crippen LogP contribution >= 0.6 is 11.6 Å². The summed E-state index contributed by atoms with van der Waals surface area (Å²) < 4.78 is 26.9. The van der Waals surface area contributed by atoms with E-state index in [0.717, 1.165) is 19.6 Å². The fourth-order valence-electron chi connectivity index (χ4n) is 3.96. The molecule has 2 fully saturated rings. The Kier molecular flexibility index (Phi) is 7.74. The maximum atomic E-state index is 12.7. The standard InChI is InChI=1S/C20H30ClN3O3S/c21-18-5-7-19(8-6-18)28(26,27)24-14-9-17(10-15-24)20(25)22-11-16-23-12-3-1-2-4-13-23/h5-8,17H,1-4,9-16H2,(H,22,25). The Balaban J connectivity index is 1.44. The van der Waals surface area contributed by atoms with Crippen molar-refractivity contribution in [1.82, 2.24) is 14.5 Å². The first-order chi connectivity index (χ1) is 13.5. The first kappa shape index (κ1) is 21.6. The summed E-state index contributed by atoms with van der Waals surface area (Å²) in [5, 5.41) is 3.56. The van der Waals surface area contributed by atoms with Crippen LogP contribution in [0.1, 0.15) is 38.5 Å². The first-order valence-electron chi connectivity index (χ1n) is 10.2. The van der Waals surface area contributed by atoms with Gasteiger partial charge in [0, 0.05) is 37.1 Å². The highest BCUT2D eigenvalue weighted by Crippen LogP contribution is 2.24. The molecule has 1 N–H and O–H groups in total. The zero-order chi connectivity index (χ0) is 20.0. The number of piperidine rings is 1. The number of nitrogens with zero attached hydrogens (tertiary/aromatic N) is 2. The molecule has 0 atom stereocenters. The molecule has 1 aromatic carbocycles. The highest BCUT2D eigenvalue weighted by atomic mass is 35.5. The Hall–Kier alpha value is -1.15. The van der Waals surface area contributed by atoms with Gasteiger partial charge < -0.3 is 10.2 Å². The topological polar surface area (TPSA) is 69.7 Å². The smallest absolute Gasteiger partial charge is 0.243 e. The SMILES string of the molecule is O=C(NCCN1CCCCCC1)C1CCN(S(=O)(=O)c2ccc(Cl)cc2)CC1. The third-order valence-corrected chi connectivity index (χ3v) is 7.87. The molecule has 6 nitrogen and oxygen atoms in total. The molecule has 3 rings (SSSR count). The zero-order valence-corrected chi connectivity index (χ0v) is 17.8. The molecule has 2 aliphatic heterocycles. The molecule has 0 saturated carbocycles. The molecule has 2 heterocycles. The monoisotopic (exact) mass is 427 g/mol. The van der Waals surface area contributed by atoms with E-state index in [1.54, 1.807) is 12.1 Å². The number of amides is 1. The normalized spacial score (nSPS) is 20.6. The maximum Gasteiger partial charge on any atom is 0.243 e. The number of likely N-dealkylation sites (tertiary alicyclic amines) is 1. The van der Waals surface area contributed by atoms with Crippen LogP contribution in [0.3, 0.4) is 0 Å². The number of sulfonamides is 1. The molecule has 2 saturated heterocycles. The van der Waals surface area contributed by atoms with E-state index in [4.69, 9.17) is 11.6 Å². The largest absolute Gasteiger partial charge is 0.355 e. The highest BCUT2D eigenvalue weighted by molar-refractivity contribution is 7.89. The molecule has 28 heavy (non-hydrogen) atoms. The summed E-state index contributed by atoms with van der Waals surface area (Å²) in [5.41, 5.74) is 0. The van der Waals surface area contributed by atoms with Crippen molar-refractivity contribution in [3.8, 4) is 0 Å². The number of halogens is 1. The lowest BCUT2D eigenvalue weighted by molar-refractivity contribution is -0.126. The van der Waals surface area contributed by atoms with Gasteiger partial charge in [0.1, 0.15) is 0 Å². The van der Waals surface area contributed by atoms with Crippen molar-refractivity contribution in [2.75, 3.05) is 39.3 Å². The van der Waals surface area contributed by atoms with Gasteiger partial charge in [-0.1, -0.05) is 24.4 Å². The molecule has 0 aliphatic carbocycles. The Labute approximate surface area is 173 Å². The van der Waals surface area contributed by atoms with Crippen molar-refractivity contribution in [3.63, 3.8) is 0 Å². The average molecular weight is 428 g/mol. The summed E-state index contributed by atoms with van der Waals surface area (Å²) in [4.78, 5) is 15.1. The van der Waals surface area contributed by atoms with Crippen LogP contribution in [0.25, 0.3) is 0 Å². The fraction of sp³-hybridized carbons (Fsp3) is 0.650. The van der Waals surface area contributed by atoms with Gasteiger partial charge >= 0.3 is 0 Å². The lowest BCUT2D eigenvalue weighted by atomic mass is 9.97. The molecule has 8 heteroatoms. The van der Waals surface area contributed by atoms with Gasteiger partial charge in [-0.15, -0.1) is 0 Å². The predicted octanol–water partition coefficient (Wildman–Crippen LogP) is 2.73. The number of nitrogens with one attached hydrogen (secondary N) is 1. The zero-order valence-electron chi connectivity index (χ0n) is 16.3. The minimum Gasteiger partial charge on any atom is -0.355 e. The van der Waals surface area contributed by atoms with Crippen LogP contribution in [-0.2, 0) is 14.8 Å². The van der Waals surface area contributed by atoms with Gasteiger partial charge in [-0.05, 0) is 63.0 Å². The van der Waals surface area contributed by atoms with Gasteiger partial charge in [0.25, 0.3) is 0 Å². The molecule has 1 amide bonds. The van der Waals surface area contributed by atoms with E-state index in [1.165, 1.54) is 42.1 Å². The summed E-state index contributed by atoms with van der Waals surface area (Å²) >= 11 is 5.84. The van der Waals surface area contributed by atoms with E-state index >= 15 is 0 Å². The van der Waals surface area contributed by atoms with Crippen LogP contribution < -0.4 is 5.32 Å². The molecular weight excluding hydrogens is 398 g/mol. The third kappa shape index (κ3) is 5.69. The molecule has 2 aliphatic rings. The first-order valence-corrected chi connectivity index (χ1v) is 12.0. The summed E-state index contributed by atoms with van der Waals surface area (Å²) in [5.74, 6) is -0.0563. The number of benzene rings is 1. The summed E-state index contributed by atoms with van der Waals surface area (Å²) in [6, 6.07) is 6.22. The molecular formula is C20H30ClN3O3S. The van der Waals surface area contributed by atoms with Crippen LogP contribution in [0.5, 0.6) is 0 Å². The summed E-state index contributed by atoms with van der Waals surface area (Å²) in [6.07, 6.45) is 6.22. The second kappa shape index (κ2) is 10.1. The van der Waals surface area contributed by atoms with Crippen LogP contribution in [0.2, 0.25) is 5.02 Å². The van der Waals surface area contributed by atoms with Gasteiger partial charge in [0.05, 0.1) is 4.90 Å².